The van der Waals surface area contributed by atoms with Gasteiger partial charge in [0, 0.05) is 0 Å². The van der Waals surface area contributed by atoms with Gasteiger partial charge in [0.2, 0.25) is 0 Å². The summed E-state index contributed by atoms with van der Waals surface area (Å²) in [4.78, 5) is 11.1. The Morgan fingerprint density at radius 2 is 2.21 bits per heavy atom. The number of rotatable bonds is 6. The highest BCUT2D eigenvalue weighted by Crippen LogP contribution is 2.19. The lowest BCUT2D eigenvalue weighted by Crippen LogP contribution is -2.10. The summed E-state index contributed by atoms with van der Waals surface area (Å²) in [6.07, 6.45) is 6.28. The molecular weight excluding hydrogens is 176 g/mol. The Balaban J connectivity index is 4.24. The van der Waals surface area contributed by atoms with Crippen LogP contribution in [0.4, 0.5) is 0 Å². The number of hydrogen-bond donors (Lipinski definition) is 0. The molecule has 1 atom stereocenters. The molecular formula is C12H20O2. The fourth-order valence-electron chi connectivity index (χ4n) is 1.35. The molecule has 0 aliphatic rings. The molecule has 0 aromatic carbocycles. The number of allylic oxidation sites excluding steroid dienone is 3. The Morgan fingerprint density at radius 1 is 1.57 bits per heavy atom. The highest BCUT2D eigenvalue weighted by molar-refractivity contribution is 5.69. The highest BCUT2D eigenvalue weighted by atomic mass is 16.5. The number of ether oxygens (including phenoxy) is 1. The zero-order valence-corrected chi connectivity index (χ0v) is 9.38. The van der Waals surface area contributed by atoms with E-state index in [0.29, 0.717) is 12.3 Å². The van der Waals surface area contributed by atoms with Gasteiger partial charge in [0.05, 0.1) is 13.5 Å². The number of hydrogen-bond acceptors (Lipinski definition) is 2. The van der Waals surface area contributed by atoms with Crippen molar-refractivity contribution in [1.82, 2.24) is 0 Å². The maximum Gasteiger partial charge on any atom is 0.306 e. The van der Waals surface area contributed by atoms with E-state index in [9.17, 15) is 4.79 Å². The molecule has 0 N–H and O–H groups in total. The fraction of sp³-hybridized carbons (Fsp3) is 0.583. The predicted octanol–water partition coefficient (Wildman–Crippen LogP) is 3.10. The summed E-state index contributed by atoms with van der Waals surface area (Å²) < 4.78 is 4.65. The van der Waals surface area contributed by atoms with Gasteiger partial charge < -0.3 is 4.74 Å². The number of methoxy groups -OCH3 is 1. The minimum Gasteiger partial charge on any atom is -0.469 e. The molecule has 0 aliphatic carbocycles. The standard InChI is InChI=1S/C12H20O2/c1-5-7-8-10(3)11(6-2)9-12(13)14-4/h5,8,11H,1,6-7,9H2,2-4H3/b10-8+. The van der Waals surface area contributed by atoms with Crippen LogP contribution in [0.2, 0.25) is 0 Å². The van der Waals surface area contributed by atoms with Crippen molar-refractivity contribution >= 4 is 5.97 Å². The minimum atomic E-state index is -0.136. The van der Waals surface area contributed by atoms with E-state index in [2.05, 4.69) is 31.2 Å². The molecule has 0 fully saturated rings. The first-order valence-corrected chi connectivity index (χ1v) is 5.00. The van der Waals surface area contributed by atoms with Crippen molar-refractivity contribution in [3.05, 3.63) is 24.3 Å². The number of carbonyl (C=O) groups is 1. The average Bonchev–Trinajstić information content (AvgIpc) is 2.21. The molecule has 0 heterocycles. The summed E-state index contributed by atoms with van der Waals surface area (Å²) in [7, 11) is 1.43. The second-order valence-corrected chi connectivity index (χ2v) is 3.36. The second kappa shape index (κ2) is 7.36. The molecule has 2 nitrogen and oxygen atoms in total. The molecule has 14 heavy (non-hydrogen) atoms. The summed E-state index contributed by atoms with van der Waals surface area (Å²) in [5.74, 6) is 0.172. The Bertz CT molecular complexity index is 216. The van der Waals surface area contributed by atoms with Crippen LogP contribution in [0.5, 0.6) is 0 Å². The van der Waals surface area contributed by atoms with Crippen molar-refractivity contribution in [2.24, 2.45) is 5.92 Å². The maximum absolute atomic E-state index is 11.1. The summed E-state index contributed by atoms with van der Waals surface area (Å²) >= 11 is 0. The van der Waals surface area contributed by atoms with Crippen molar-refractivity contribution < 1.29 is 9.53 Å². The molecule has 0 rings (SSSR count). The predicted molar refractivity (Wildman–Crippen MR) is 59.0 cm³/mol. The third-order valence-corrected chi connectivity index (χ3v) is 2.38. The van der Waals surface area contributed by atoms with Crippen LogP contribution in [-0.4, -0.2) is 13.1 Å². The van der Waals surface area contributed by atoms with Gasteiger partial charge in [0.1, 0.15) is 0 Å². The molecule has 2 heteroatoms. The third-order valence-electron chi connectivity index (χ3n) is 2.38. The topological polar surface area (TPSA) is 26.3 Å². The molecule has 0 aliphatic heterocycles. The number of carbonyl (C=O) groups excluding carboxylic acids is 1. The van der Waals surface area contributed by atoms with E-state index < -0.39 is 0 Å². The smallest absolute Gasteiger partial charge is 0.306 e. The second-order valence-electron chi connectivity index (χ2n) is 3.36. The van der Waals surface area contributed by atoms with Crippen LogP contribution in [0.1, 0.15) is 33.1 Å². The zero-order valence-electron chi connectivity index (χ0n) is 9.38. The Labute approximate surface area is 86.6 Å². The lowest BCUT2D eigenvalue weighted by Gasteiger charge is -2.13. The van der Waals surface area contributed by atoms with Crippen molar-refractivity contribution in [3.8, 4) is 0 Å². The molecule has 0 aromatic heterocycles. The first kappa shape index (κ1) is 12.9. The van der Waals surface area contributed by atoms with Gasteiger partial charge in [-0.15, -0.1) is 6.58 Å². The monoisotopic (exact) mass is 196 g/mol. The molecule has 0 aromatic rings. The van der Waals surface area contributed by atoms with Crippen molar-refractivity contribution in [1.29, 1.82) is 0 Å². The summed E-state index contributed by atoms with van der Waals surface area (Å²) in [6.45, 7) is 7.80. The van der Waals surface area contributed by atoms with Gasteiger partial charge in [-0.05, 0) is 25.7 Å². The third kappa shape index (κ3) is 4.85. The van der Waals surface area contributed by atoms with E-state index in [1.54, 1.807) is 0 Å². The van der Waals surface area contributed by atoms with Crippen LogP contribution in [-0.2, 0) is 9.53 Å². The largest absolute Gasteiger partial charge is 0.469 e. The van der Waals surface area contributed by atoms with Gasteiger partial charge in [-0.2, -0.15) is 0 Å². The first-order valence-electron chi connectivity index (χ1n) is 5.00. The lowest BCUT2D eigenvalue weighted by atomic mass is 9.93. The van der Waals surface area contributed by atoms with Gasteiger partial charge in [-0.25, -0.2) is 0 Å². The van der Waals surface area contributed by atoms with E-state index in [-0.39, 0.29) is 5.97 Å². The van der Waals surface area contributed by atoms with Crippen molar-refractivity contribution in [2.45, 2.75) is 33.1 Å². The van der Waals surface area contributed by atoms with Crippen LogP contribution in [0.15, 0.2) is 24.3 Å². The minimum absolute atomic E-state index is 0.136. The summed E-state index contributed by atoms with van der Waals surface area (Å²) in [6, 6.07) is 0. The molecule has 0 saturated carbocycles. The van der Waals surface area contributed by atoms with Crippen molar-refractivity contribution in [2.75, 3.05) is 7.11 Å². The van der Waals surface area contributed by atoms with E-state index in [1.165, 1.54) is 12.7 Å². The van der Waals surface area contributed by atoms with Crippen LogP contribution < -0.4 is 0 Å². The van der Waals surface area contributed by atoms with Crippen LogP contribution in [0.3, 0.4) is 0 Å². The van der Waals surface area contributed by atoms with E-state index >= 15 is 0 Å². The zero-order chi connectivity index (χ0) is 11.0. The average molecular weight is 196 g/mol. The quantitative estimate of drug-likeness (QED) is 0.482. The highest BCUT2D eigenvalue weighted by Gasteiger charge is 2.13. The summed E-state index contributed by atoms with van der Waals surface area (Å²) in [5.41, 5.74) is 1.25. The molecule has 80 valence electrons. The Kier molecular flexibility index (Phi) is 6.81. The molecule has 0 saturated heterocycles. The van der Waals surface area contributed by atoms with Gasteiger partial charge in [-0.3, -0.25) is 4.79 Å². The molecule has 0 amide bonds. The van der Waals surface area contributed by atoms with Crippen LogP contribution >= 0.6 is 0 Å². The van der Waals surface area contributed by atoms with E-state index in [4.69, 9.17) is 0 Å². The molecule has 0 bridgehead atoms. The maximum atomic E-state index is 11.1. The van der Waals surface area contributed by atoms with E-state index in [1.807, 2.05) is 6.08 Å². The molecule has 0 radical (unpaired) electrons. The van der Waals surface area contributed by atoms with Gasteiger partial charge in [-0.1, -0.05) is 24.6 Å². The van der Waals surface area contributed by atoms with Gasteiger partial charge in [0.15, 0.2) is 0 Å². The molecule has 1 unspecified atom stereocenters. The Hall–Kier alpha value is -1.05. The molecule has 0 spiro atoms. The first-order chi connectivity index (χ1) is 6.65. The number of esters is 1. The fourth-order valence-corrected chi connectivity index (χ4v) is 1.35. The lowest BCUT2D eigenvalue weighted by molar-refractivity contribution is -0.141. The van der Waals surface area contributed by atoms with E-state index in [0.717, 1.165) is 12.8 Å². The van der Waals surface area contributed by atoms with Gasteiger partial charge in [0.25, 0.3) is 0 Å². The van der Waals surface area contributed by atoms with Gasteiger partial charge >= 0.3 is 5.97 Å². The van der Waals surface area contributed by atoms with Crippen molar-refractivity contribution in [3.63, 3.8) is 0 Å². The van der Waals surface area contributed by atoms with Crippen LogP contribution in [0.25, 0.3) is 0 Å². The Morgan fingerprint density at radius 3 is 2.64 bits per heavy atom. The summed E-state index contributed by atoms with van der Waals surface area (Å²) in [5, 5.41) is 0. The SMILES string of the molecule is C=CC/C=C(\C)C(CC)CC(=O)OC. The van der Waals surface area contributed by atoms with Crippen LogP contribution in [0, 0.1) is 5.92 Å². The normalized spacial score (nSPS) is 13.5.